The topological polar surface area (TPSA) is 48.1 Å². The third-order valence-electron chi connectivity index (χ3n) is 3.19. The van der Waals surface area contributed by atoms with Crippen LogP contribution in [0.4, 0.5) is 0 Å². The van der Waals surface area contributed by atoms with Gasteiger partial charge in [0.1, 0.15) is 0 Å². The van der Waals surface area contributed by atoms with Crippen LogP contribution in [0, 0.1) is 0 Å². The van der Waals surface area contributed by atoms with Gasteiger partial charge in [-0.1, -0.05) is 17.8 Å². The lowest BCUT2D eigenvalue weighted by molar-refractivity contribution is 0.181. The molecule has 0 amide bonds. The maximum absolute atomic E-state index is 10.9. The summed E-state index contributed by atoms with van der Waals surface area (Å²) in [5.41, 5.74) is 0.994. The molecule has 2 heterocycles. The summed E-state index contributed by atoms with van der Waals surface area (Å²) in [5.74, 6) is 0. The molecule has 5 heteroatoms. The number of aromatic amines is 1. The first-order valence-corrected chi connectivity index (χ1v) is 6.71. The van der Waals surface area contributed by atoms with E-state index in [1.807, 2.05) is 5.38 Å². The van der Waals surface area contributed by atoms with Crippen molar-refractivity contribution >= 4 is 11.3 Å². The van der Waals surface area contributed by atoms with Crippen molar-refractivity contribution in [2.75, 3.05) is 20.1 Å². The zero-order chi connectivity index (χ0) is 11.4. The maximum Gasteiger partial charge on any atom is 0.304 e. The van der Waals surface area contributed by atoms with Gasteiger partial charge in [0.2, 0.25) is 0 Å². The molecule has 1 atom stereocenters. The number of nitrogens with one attached hydrogen (secondary N) is 2. The number of H-pyrrole nitrogens is 1. The van der Waals surface area contributed by atoms with Crippen molar-refractivity contribution in [3.63, 3.8) is 0 Å². The predicted molar refractivity (Wildman–Crippen MR) is 66.9 cm³/mol. The van der Waals surface area contributed by atoms with Gasteiger partial charge in [-0.15, -0.1) is 0 Å². The number of likely N-dealkylation sites (N-methyl/N-ethyl adjacent to an activating group) is 1. The Morgan fingerprint density at radius 2 is 2.50 bits per heavy atom. The molecule has 0 bridgehead atoms. The van der Waals surface area contributed by atoms with Crippen LogP contribution in [-0.2, 0) is 6.54 Å². The van der Waals surface area contributed by atoms with E-state index >= 15 is 0 Å². The molecule has 2 rings (SSSR count). The van der Waals surface area contributed by atoms with Crippen LogP contribution in [0.1, 0.15) is 25.0 Å². The SMILES string of the molecule is CN1CCCCC1CNCc1csc(=O)[nH]1. The first kappa shape index (κ1) is 11.8. The highest BCUT2D eigenvalue weighted by Gasteiger charge is 2.17. The molecule has 4 nitrogen and oxygen atoms in total. The summed E-state index contributed by atoms with van der Waals surface area (Å²) in [4.78, 5) is 16.2. The Morgan fingerprint density at radius 1 is 1.62 bits per heavy atom. The first-order chi connectivity index (χ1) is 7.75. The molecule has 1 aliphatic rings. The van der Waals surface area contributed by atoms with Gasteiger partial charge in [-0.3, -0.25) is 4.79 Å². The Hall–Kier alpha value is -0.650. The molecule has 90 valence electrons. The summed E-state index contributed by atoms with van der Waals surface area (Å²) in [6, 6.07) is 0.652. The van der Waals surface area contributed by atoms with E-state index in [1.54, 1.807) is 0 Å². The molecule has 0 radical (unpaired) electrons. The second kappa shape index (κ2) is 5.61. The van der Waals surface area contributed by atoms with E-state index in [2.05, 4.69) is 22.2 Å². The molecule has 0 aromatic carbocycles. The largest absolute Gasteiger partial charge is 0.315 e. The number of piperidine rings is 1. The minimum absolute atomic E-state index is 0.0339. The molecule has 1 aromatic heterocycles. The Labute approximate surface area is 99.7 Å². The van der Waals surface area contributed by atoms with Crippen molar-refractivity contribution in [1.82, 2.24) is 15.2 Å². The molecule has 2 N–H and O–H groups in total. The Morgan fingerprint density at radius 3 is 3.19 bits per heavy atom. The molecule has 16 heavy (non-hydrogen) atoms. The van der Waals surface area contributed by atoms with E-state index in [1.165, 1.54) is 37.1 Å². The molecular weight excluding hydrogens is 222 g/mol. The number of rotatable bonds is 4. The normalized spacial score (nSPS) is 22.4. The lowest BCUT2D eigenvalue weighted by atomic mass is 10.0. The van der Waals surface area contributed by atoms with Crippen LogP contribution in [0.3, 0.4) is 0 Å². The average molecular weight is 241 g/mol. The van der Waals surface area contributed by atoms with Crippen molar-refractivity contribution < 1.29 is 0 Å². The lowest BCUT2D eigenvalue weighted by Gasteiger charge is -2.32. The van der Waals surface area contributed by atoms with E-state index in [0.717, 1.165) is 18.8 Å². The lowest BCUT2D eigenvalue weighted by Crippen LogP contribution is -2.42. The zero-order valence-electron chi connectivity index (χ0n) is 9.66. The number of thiazole rings is 1. The average Bonchev–Trinajstić information content (AvgIpc) is 2.67. The highest BCUT2D eigenvalue weighted by atomic mass is 32.1. The third-order valence-corrected chi connectivity index (χ3v) is 3.91. The molecule has 0 saturated carbocycles. The van der Waals surface area contributed by atoms with Crippen LogP contribution in [0.15, 0.2) is 10.2 Å². The predicted octanol–water partition coefficient (Wildman–Crippen LogP) is 1.01. The molecule has 0 aliphatic carbocycles. The summed E-state index contributed by atoms with van der Waals surface area (Å²) in [5, 5.41) is 5.30. The molecule has 1 aromatic rings. The monoisotopic (exact) mass is 241 g/mol. The number of nitrogens with zero attached hydrogens (tertiary/aromatic N) is 1. The van der Waals surface area contributed by atoms with Crippen molar-refractivity contribution in [3.05, 3.63) is 20.7 Å². The minimum atomic E-state index is 0.0339. The van der Waals surface area contributed by atoms with Crippen LogP contribution in [0.25, 0.3) is 0 Å². The van der Waals surface area contributed by atoms with Gasteiger partial charge in [-0.25, -0.2) is 0 Å². The van der Waals surface area contributed by atoms with Gasteiger partial charge in [-0.2, -0.15) is 0 Å². The summed E-state index contributed by atoms with van der Waals surface area (Å²) >= 11 is 1.23. The van der Waals surface area contributed by atoms with Crippen molar-refractivity contribution in [3.8, 4) is 0 Å². The fourth-order valence-electron chi connectivity index (χ4n) is 2.18. The fourth-order valence-corrected chi connectivity index (χ4v) is 2.76. The standard InChI is InChI=1S/C11H19N3OS/c1-14-5-3-2-4-10(14)7-12-6-9-8-16-11(15)13-9/h8,10,12H,2-7H2,1H3,(H,13,15). The van der Waals surface area contributed by atoms with Gasteiger partial charge in [0, 0.05) is 30.2 Å². The van der Waals surface area contributed by atoms with Gasteiger partial charge in [0.05, 0.1) is 0 Å². The number of hydrogen-bond donors (Lipinski definition) is 2. The van der Waals surface area contributed by atoms with Crippen molar-refractivity contribution in [1.29, 1.82) is 0 Å². The quantitative estimate of drug-likeness (QED) is 0.827. The second-order valence-corrected chi connectivity index (χ2v) is 5.28. The van der Waals surface area contributed by atoms with Crippen LogP contribution in [0.2, 0.25) is 0 Å². The van der Waals surface area contributed by atoms with Gasteiger partial charge < -0.3 is 15.2 Å². The molecule has 1 unspecified atom stereocenters. The highest BCUT2D eigenvalue weighted by Crippen LogP contribution is 2.13. The van der Waals surface area contributed by atoms with E-state index in [9.17, 15) is 4.79 Å². The first-order valence-electron chi connectivity index (χ1n) is 5.83. The van der Waals surface area contributed by atoms with Crippen LogP contribution in [0.5, 0.6) is 0 Å². The maximum atomic E-state index is 10.9. The summed E-state index contributed by atoms with van der Waals surface area (Å²) < 4.78 is 0. The number of hydrogen-bond acceptors (Lipinski definition) is 4. The summed E-state index contributed by atoms with van der Waals surface area (Å²) in [6.45, 7) is 2.99. The van der Waals surface area contributed by atoms with Crippen molar-refractivity contribution in [2.24, 2.45) is 0 Å². The van der Waals surface area contributed by atoms with E-state index in [0.29, 0.717) is 6.04 Å². The third kappa shape index (κ3) is 3.17. The summed E-state index contributed by atoms with van der Waals surface area (Å²) in [6.07, 6.45) is 3.94. The minimum Gasteiger partial charge on any atom is -0.315 e. The smallest absolute Gasteiger partial charge is 0.304 e. The fraction of sp³-hybridized carbons (Fsp3) is 0.727. The van der Waals surface area contributed by atoms with Crippen molar-refractivity contribution in [2.45, 2.75) is 31.8 Å². The van der Waals surface area contributed by atoms with Crippen LogP contribution in [-0.4, -0.2) is 36.1 Å². The van der Waals surface area contributed by atoms with E-state index in [-0.39, 0.29) is 4.87 Å². The van der Waals surface area contributed by atoms with Gasteiger partial charge in [-0.05, 0) is 26.4 Å². The van der Waals surface area contributed by atoms with Gasteiger partial charge in [0.25, 0.3) is 0 Å². The van der Waals surface area contributed by atoms with E-state index in [4.69, 9.17) is 0 Å². The number of aromatic nitrogens is 1. The molecule has 1 fully saturated rings. The Balaban J connectivity index is 1.73. The second-order valence-electron chi connectivity index (χ2n) is 4.43. The molecule has 0 spiro atoms. The van der Waals surface area contributed by atoms with E-state index < -0.39 is 0 Å². The van der Waals surface area contributed by atoms with Crippen LogP contribution >= 0.6 is 11.3 Å². The van der Waals surface area contributed by atoms with Gasteiger partial charge in [0.15, 0.2) is 0 Å². The Kier molecular flexibility index (Phi) is 4.15. The number of likely N-dealkylation sites (tertiary alicyclic amines) is 1. The molecule has 1 saturated heterocycles. The Bertz CT molecular complexity index is 373. The highest BCUT2D eigenvalue weighted by molar-refractivity contribution is 7.07. The molecular formula is C11H19N3OS. The summed E-state index contributed by atoms with van der Waals surface area (Å²) in [7, 11) is 2.19. The zero-order valence-corrected chi connectivity index (χ0v) is 10.5. The van der Waals surface area contributed by atoms with Gasteiger partial charge >= 0.3 is 4.87 Å². The van der Waals surface area contributed by atoms with Crippen LogP contribution < -0.4 is 10.2 Å². The molecule has 1 aliphatic heterocycles.